The van der Waals surface area contributed by atoms with Crippen LogP contribution in [0.25, 0.3) is 0 Å². The molecule has 0 fully saturated rings. The Hall–Kier alpha value is -1.62. The van der Waals surface area contributed by atoms with Crippen molar-refractivity contribution in [3.05, 3.63) is 42.2 Å². The van der Waals surface area contributed by atoms with Crippen molar-refractivity contribution in [3.8, 4) is 0 Å². The third-order valence-corrected chi connectivity index (χ3v) is 4.20. The highest BCUT2D eigenvalue weighted by atomic mass is 32.2. The monoisotopic (exact) mass is 236 g/mol. The van der Waals surface area contributed by atoms with Gasteiger partial charge in [-0.2, -0.15) is 5.10 Å². The predicted molar refractivity (Wildman–Crippen MR) is 59.9 cm³/mol. The fraction of sp³-hybridized carbons (Fsp3) is 0.182. The maximum Gasteiger partial charge on any atom is 0.209 e. The van der Waals surface area contributed by atoms with Crippen LogP contribution in [0.2, 0.25) is 0 Å². The fourth-order valence-corrected chi connectivity index (χ4v) is 2.99. The molecule has 0 spiro atoms. The molecule has 2 rings (SSSR count). The molecule has 4 nitrogen and oxygen atoms in total. The van der Waals surface area contributed by atoms with Crippen molar-refractivity contribution < 1.29 is 8.42 Å². The number of aromatic nitrogens is 2. The van der Waals surface area contributed by atoms with Gasteiger partial charge in [0.05, 0.1) is 16.8 Å². The van der Waals surface area contributed by atoms with E-state index >= 15 is 0 Å². The summed E-state index contributed by atoms with van der Waals surface area (Å²) >= 11 is 0. The molecular weight excluding hydrogens is 224 g/mol. The van der Waals surface area contributed by atoms with E-state index in [9.17, 15) is 8.42 Å². The maximum atomic E-state index is 12.2. The van der Waals surface area contributed by atoms with Crippen molar-refractivity contribution in [3.63, 3.8) is 0 Å². The fourth-order valence-electron chi connectivity index (χ4n) is 1.51. The molecule has 0 aliphatic rings. The van der Waals surface area contributed by atoms with Gasteiger partial charge in [-0.25, -0.2) is 8.42 Å². The lowest BCUT2D eigenvalue weighted by Crippen LogP contribution is -2.03. The van der Waals surface area contributed by atoms with Crippen molar-refractivity contribution in [1.29, 1.82) is 0 Å². The molecule has 2 aromatic rings. The van der Waals surface area contributed by atoms with Crippen LogP contribution in [0, 0.1) is 0 Å². The van der Waals surface area contributed by atoms with Crippen molar-refractivity contribution >= 4 is 9.84 Å². The molecule has 0 aliphatic carbocycles. The Bertz CT molecular complexity index is 573. The Balaban J connectivity index is 2.56. The molecule has 0 atom stereocenters. The first kappa shape index (κ1) is 10.9. The molecular formula is C11H12N2O2S. The largest absolute Gasteiger partial charge is 0.281 e. The molecule has 1 aromatic carbocycles. The Morgan fingerprint density at radius 2 is 1.94 bits per heavy atom. The number of rotatable bonds is 3. The number of sulfone groups is 1. The van der Waals surface area contributed by atoms with E-state index in [2.05, 4.69) is 10.2 Å². The first-order chi connectivity index (χ1) is 7.66. The molecule has 0 unspecified atom stereocenters. The van der Waals surface area contributed by atoms with Gasteiger partial charge in [-0.1, -0.05) is 25.1 Å². The van der Waals surface area contributed by atoms with Crippen LogP contribution in [0.4, 0.5) is 0 Å². The number of aromatic amines is 1. The van der Waals surface area contributed by atoms with Gasteiger partial charge in [-0.15, -0.1) is 0 Å². The van der Waals surface area contributed by atoms with E-state index in [1.165, 1.54) is 6.20 Å². The summed E-state index contributed by atoms with van der Waals surface area (Å²) in [5.74, 6) is 0. The highest BCUT2D eigenvalue weighted by Crippen LogP contribution is 2.22. The number of hydrogen-bond donors (Lipinski definition) is 1. The lowest BCUT2D eigenvalue weighted by molar-refractivity contribution is 0.595. The van der Waals surface area contributed by atoms with Crippen molar-refractivity contribution in [2.24, 2.45) is 0 Å². The second-order valence-electron chi connectivity index (χ2n) is 3.38. The van der Waals surface area contributed by atoms with Crippen LogP contribution >= 0.6 is 0 Å². The van der Waals surface area contributed by atoms with Gasteiger partial charge in [-0.05, 0) is 18.6 Å². The number of benzene rings is 1. The summed E-state index contributed by atoms with van der Waals surface area (Å²) in [4.78, 5) is 0.562. The van der Waals surface area contributed by atoms with Gasteiger partial charge in [-0.3, -0.25) is 5.10 Å². The van der Waals surface area contributed by atoms with Gasteiger partial charge in [0.1, 0.15) is 4.90 Å². The van der Waals surface area contributed by atoms with Gasteiger partial charge < -0.3 is 0 Å². The lowest BCUT2D eigenvalue weighted by Gasteiger charge is -2.03. The molecule has 5 heteroatoms. The number of nitrogens with zero attached hydrogens (tertiary/aromatic N) is 1. The molecule has 1 aromatic heterocycles. The average molecular weight is 236 g/mol. The zero-order chi connectivity index (χ0) is 11.6. The van der Waals surface area contributed by atoms with E-state index in [-0.39, 0.29) is 4.90 Å². The van der Waals surface area contributed by atoms with Crippen molar-refractivity contribution in [2.75, 3.05) is 0 Å². The van der Waals surface area contributed by atoms with Gasteiger partial charge in [0.15, 0.2) is 0 Å². The first-order valence-electron chi connectivity index (χ1n) is 4.98. The van der Waals surface area contributed by atoms with E-state index < -0.39 is 9.84 Å². The predicted octanol–water partition coefficient (Wildman–Crippen LogP) is 1.80. The van der Waals surface area contributed by atoms with E-state index in [1.807, 2.05) is 6.92 Å². The third-order valence-electron chi connectivity index (χ3n) is 2.38. The third kappa shape index (κ3) is 1.74. The molecule has 1 N–H and O–H groups in total. The zero-order valence-corrected chi connectivity index (χ0v) is 9.66. The molecule has 0 saturated heterocycles. The topological polar surface area (TPSA) is 62.8 Å². The van der Waals surface area contributed by atoms with Crippen LogP contribution in [-0.2, 0) is 16.3 Å². The molecule has 16 heavy (non-hydrogen) atoms. The highest BCUT2D eigenvalue weighted by molar-refractivity contribution is 7.91. The minimum atomic E-state index is -3.43. The summed E-state index contributed by atoms with van der Waals surface area (Å²) in [6.45, 7) is 1.89. The van der Waals surface area contributed by atoms with Crippen LogP contribution in [0.1, 0.15) is 12.6 Å². The van der Waals surface area contributed by atoms with Gasteiger partial charge in [0.25, 0.3) is 0 Å². The molecule has 0 bridgehead atoms. The Morgan fingerprint density at radius 3 is 2.56 bits per heavy atom. The Kier molecular flexibility index (Phi) is 2.78. The smallest absolute Gasteiger partial charge is 0.209 e. The maximum absolute atomic E-state index is 12.2. The van der Waals surface area contributed by atoms with Crippen LogP contribution in [0.5, 0.6) is 0 Å². The van der Waals surface area contributed by atoms with Gasteiger partial charge >= 0.3 is 0 Å². The summed E-state index contributed by atoms with van der Waals surface area (Å²) in [5, 5.41) is 6.48. The quantitative estimate of drug-likeness (QED) is 0.884. The van der Waals surface area contributed by atoms with E-state index in [0.717, 1.165) is 0 Å². The SMILES string of the molecule is CCc1[nH]ncc1S(=O)(=O)c1ccccc1. The van der Waals surface area contributed by atoms with E-state index in [4.69, 9.17) is 0 Å². The molecule has 1 heterocycles. The Labute approximate surface area is 94.2 Å². The van der Waals surface area contributed by atoms with Crippen LogP contribution < -0.4 is 0 Å². The second kappa shape index (κ2) is 4.09. The summed E-state index contributed by atoms with van der Waals surface area (Å²) in [6.07, 6.45) is 1.97. The first-order valence-corrected chi connectivity index (χ1v) is 6.47. The molecule has 0 amide bonds. The normalized spacial score (nSPS) is 11.6. The van der Waals surface area contributed by atoms with Crippen LogP contribution in [-0.4, -0.2) is 18.6 Å². The number of hydrogen-bond acceptors (Lipinski definition) is 3. The summed E-state index contributed by atoms with van der Waals surface area (Å²) in [7, 11) is -3.43. The summed E-state index contributed by atoms with van der Waals surface area (Å²) in [6, 6.07) is 8.37. The zero-order valence-electron chi connectivity index (χ0n) is 8.84. The number of nitrogens with one attached hydrogen (secondary N) is 1. The molecule has 0 radical (unpaired) electrons. The van der Waals surface area contributed by atoms with E-state index in [0.29, 0.717) is 17.0 Å². The molecule has 84 valence electrons. The minimum Gasteiger partial charge on any atom is -0.281 e. The standard InChI is InChI=1S/C11H12N2O2S/c1-2-10-11(8-12-13-10)16(14,15)9-6-4-3-5-7-9/h3-8H,2H2,1H3,(H,12,13). The number of H-pyrrole nitrogens is 1. The van der Waals surface area contributed by atoms with E-state index in [1.54, 1.807) is 30.3 Å². The molecule has 0 saturated carbocycles. The van der Waals surface area contributed by atoms with Crippen LogP contribution in [0.15, 0.2) is 46.3 Å². The average Bonchev–Trinajstić information content (AvgIpc) is 2.79. The van der Waals surface area contributed by atoms with Crippen LogP contribution in [0.3, 0.4) is 0 Å². The van der Waals surface area contributed by atoms with Gasteiger partial charge in [0, 0.05) is 0 Å². The van der Waals surface area contributed by atoms with Crippen molar-refractivity contribution in [1.82, 2.24) is 10.2 Å². The van der Waals surface area contributed by atoms with Gasteiger partial charge in [0.2, 0.25) is 9.84 Å². The minimum absolute atomic E-state index is 0.265. The Morgan fingerprint density at radius 1 is 1.25 bits per heavy atom. The molecule has 0 aliphatic heterocycles. The lowest BCUT2D eigenvalue weighted by atomic mass is 10.3. The number of aryl methyl sites for hydroxylation is 1. The summed E-state index contributed by atoms with van der Waals surface area (Å²) in [5.41, 5.74) is 0.642. The highest BCUT2D eigenvalue weighted by Gasteiger charge is 2.21. The van der Waals surface area contributed by atoms with Crippen molar-refractivity contribution in [2.45, 2.75) is 23.1 Å². The second-order valence-corrected chi connectivity index (χ2v) is 5.30. The summed E-state index contributed by atoms with van der Waals surface area (Å²) < 4.78 is 24.4.